The van der Waals surface area contributed by atoms with Crippen LogP contribution in [0.15, 0.2) is 59.1 Å². The topological polar surface area (TPSA) is 52.7 Å². The van der Waals surface area contributed by atoms with Crippen molar-refractivity contribution in [3.05, 3.63) is 66.4 Å². The molecule has 0 amide bonds. The van der Waals surface area contributed by atoms with Crippen molar-refractivity contribution in [1.29, 1.82) is 0 Å². The first-order valence-electron chi connectivity index (χ1n) is 8.64. The van der Waals surface area contributed by atoms with E-state index in [1.807, 2.05) is 12.1 Å². The molecule has 0 aliphatic carbocycles. The molecule has 26 heavy (non-hydrogen) atoms. The fourth-order valence-corrected chi connectivity index (χ4v) is 3.15. The summed E-state index contributed by atoms with van der Waals surface area (Å²) in [5.74, 6) is 1.35. The van der Waals surface area contributed by atoms with Crippen LogP contribution in [0.4, 0.5) is 10.1 Å². The fraction of sp³-hybridized carbons (Fsp3) is 0.250. The van der Waals surface area contributed by atoms with Crippen molar-refractivity contribution >= 4 is 5.69 Å². The van der Waals surface area contributed by atoms with E-state index in [0.717, 1.165) is 37.4 Å². The maximum absolute atomic E-state index is 13.0. The summed E-state index contributed by atoms with van der Waals surface area (Å²) in [6.07, 6.45) is 1.69. The Bertz CT molecular complexity index is 854. The van der Waals surface area contributed by atoms with Crippen molar-refractivity contribution < 1.29 is 13.9 Å². The van der Waals surface area contributed by atoms with E-state index in [2.05, 4.69) is 14.8 Å². The van der Waals surface area contributed by atoms with Crippen molar-refractivity contribution in [2.24, 2.45) is 0 Å². The van der Waals surface area contributed by atoms with Crippen molar-refractivity contribution in [3.8, 4) is 17.1 Å². The number of benzene rings is 2. The molecule has 2 heterocycles. The minimum atomic E-state index is -0.264. The molecule has 2 aromatic carbocycles. The molecule has 1 saturated heterocycles. The van der Waals surface area contributed by atoms with Crippen LogP contribution in [0.25, 0.3) is 11.3 Å². The Morgan fingerprint density at radius 2 is 1.65 bits per heavy atom. The van der Waals surface area contributed by atoms with Gasteiger partial charge in [0.15, 0.2) is 5.76 Å². The van der Waals surface area contributed by atoms with Gasteiger partial charge in [0.1, 0.15) is 11.6 Å². The number of anilines is 1. The molecule has 1 aliphatic rings. The molecular formula is C20H20FN3O2. The van der Waals surface area contributed by atoms with E-state index >= 15 is 0 Å². The molecule has 0 radical (unpaired) electrons. The van der Waals surface area contributed by atoms with Crippen molar-refractivity contribution in [2.45, 2.75) is 6.54 Å². The zero-order chi connectivity index (χ0) is 17.9. The molecule has 134 valence electrons. The van der Waals surface area contributed by atoms with Gasteiger partial charge >= 0.3 is 0 Å². The average Bonchev–Trinajstić information content (AvgIpc) is 3.12. The monoisotopic (exact) mass is 353 g/mol. The second kappa shape index (κ2) is 7.17. The number of aromatic hydroxyl groups is 1. The lowest BCUT2D eigenvalue weighted by Crippen LogP contribution is -2.46. The first kappa shape index (κ1) is 16.6. The zero-order valence-corrected chi connectivity index (χ0v) is 14.3. The van der Waals surface area contributed by atoms with Gasteiger partial charge in [-0.05, 0) is 48.5 Å². The molecule has 0 unspecified atom stereocenters. The van der Waals surface area contributed by atoms with Crippen LogP contribution in [0.3, 0.4) is 0 Å². The highest BCUT2D eigenvalue weighted by Gasteiger charge is 2.19. The van der Waals surface area contributed by atoms with E-state index in [0.29, 0.717) is 18.2 Å². The summed E-state index contributed by atoms with van der Waals surface area (Å²) >= 11 is 0. The standard InChI is InChI=1S/C20H20FN3O2/c21-16-3-1-15(2-4-16)19-13-22-20(26-19)14-23-9-11-24(12-10-23)17-5-7-18(25)8-6-17/h1-8,13,25H,9-12,14H2. The highest BCUT2D eigenvalue weighted by molar-refractivity contribution is 5.56. The second-order valence-corrected chi connectivity index (χ2v) is 6.40. The van der Waals surface area contributed by atoms with E-state index in [-0.39, 0.29) is 11.6 Å². The molecule has 3 aromatic rings. The minimum Gasteiger partial charge on any atom is -0.508 e. The molecule has 1 aliphatic heterocycles. The number of hydrogen-bond acceptors (Lipinski definition) is 5. The average molecular weight is 353 g/mol. The highest BCUT2D eigenvalue weighted by Crippen LogP contribution is 2.23. The molecule has 1 N–H and O–H groups in total. The summed E-state index contributed by atoms with van der Waals surface area (Å²) in [6, 6.07) is 13.5. The lowest BCUT2D eigenvalue weighted by molar-refractivity contribution is 0.227. The van der Waals surface area contributed by atoms with E-state index in [9.17, 15) is 9.50 Å². The summed E-state index contributed by atoms with van der Waals surface area (Å²) in [5.41, 5.74) is 1.94. The summed E-state index contributed by atoms with van der Waals surface area (Å²) in [4.78, 5) is 8.96. The summed E-state index contributed by atoms with van der Waals surface area (Å²) in [5, 5.41) is 9.40. The Morgan fingerprint density at radius 3 is 2.35 bits per heavy atom. The van der Waals surface area contributed by atoms with Crippen LogP contribution in [0, 0.1) is 5.82 Å². The predicted octanol–water partition coefficient (Wildman–Crippen LogP) is 3.51. The summed E-state index contributed by atoms with van der Waals surface area (Å²) in [6.45, 7) is 4.31. The number of halogens is 1. The Labute approximate surface area is 151 Å². The number of phenols is 1. The number of phenolic OH excluding ortho intramolecular Hbond substituents is 1. The smallest absolute Gasteiger partial charge is 0.209 e. The van der Waals surface area contributed by atoms with Crippen LogP contribution in [0.1, 0.15) is 5.89 Å². The van der Waals surface area contributed by atoms with Crippen LogP contribution in [-0.2, 0) is 6.54 Å². The van der Waals surface area contributed by atoms with E-state index < -0.39 is 0 Å². The van der Waals surface area contributed by atoms with Gasteiger partial charge in [0.2, 0.25) is 5.89 Å². The van der Waals surface area contributed by atoms with E-state index in [4.69, 9.17) is 4.42 Å². The van der Waals surface area contributed by atoms with Crippen LogP contribution < -0.4 is 4.90 Å². The lowest BCUT2D eigenvalue weighted by Gasteiger charge is -2.35. The molecular weight excluding hydrogens is 333 g/mol. The molecule has 0 bridgehead atoms. The second-order valence-electron chi connectivity index (χ2n) is 6.40. The Hall–Kier alpha value is -2.86. The fourth-order valence-electron chi connectivity index (χ4n) is 3.15. The van der Waals surface area contributed by atoms with Crippen molar-refractivity contribution in [1.82, 2.24) is 9.88 Å². The number of aromatic nitrogens is 1. The largest absolute Gasteiger partial charge is 0.508 e. The number of nitrogens with zero attached hydrogens (tertiary/aromatic N) is 3. The Morgan fingerprint density at radius 1 is 0.962 bits per heavy atom. The van der Waals surface area contributed by atoms with Crippen LogP contribution in [-0.4, -0.2) is 41.2 Å². The van der Waals surface area contributed by atoms with Gasteiger partial charge < -0.3 is 14.4 Å². The van der Waals surface area contributed by atoms with Gasteiger partial charge in [-0.3, -0.25) is 4.90 Å². The van der Waals surface area contributed by atoms with Crippen LogP contribution >= 0.6 is 0 Å². The molecule has 6 heteroatoms. The number of piperazine rings is 1. The maximum atomic E-state index is 13.0. The SMILES string of the molecule is Oc1ccc(N2CCN(Cc3ncc(-c4ccc(F)cc4)o3)CC2)cc1. The zero-order valence-electron chi connectivity index (χ0n) is 14.3. The molecule has 0 spiro atoms. The van der Waals surface area contributed by atoms with Gasteiger partial charge in [-0.25, -0.2) is 9.37 Å². The Kier molecular flexibility index (Phi) is 4.58. The Balaban J connectivity index is 1.34. The van der Waals surface area contributed by atoms with Crippen molar-refractivity contribution in [3.63, 3.8) is 0 Å². The molecule has 0 atom stereocenters. The third-order valence-electron chi connectivity index (χ3n) is 4.63. The van der Waals surface area contributed by atoms with Crippen molar-refractivity contribution in [2.75, 3.05) is 31.1 Å². The summed E-state index contributed by atoms with van der Waals surface area (Å²) in [7, 11) is 0. The number of oxazole rings is 1. The van der Waals surface area contributed by atoms with Gasteiger partial charge in [0.25, 0.3) is 0 Å². The minimum absolute atomic E-state index is 0.264. The quantitative estimate of drug-likeness (QED) is 0.778. The predicted molar refractivity (Wildman–Crippen MR) is 97.5 cm³/mol. The third kappa shape index (κ3) is 3.70. The molecule has 1 aromatic heterocycles. The van der Waals surface area contributed by atoms with E-state index in [1.165, 1.54) is 12.1 Å². The summed E-state index contributed by atoms with van der Waals surface area (Å²) < 4.78 is 18.8. The first-order chi connectivity index (χ1) is 12.7. The molecule has 0 saturated carbocycles. The highest BCUT2D eigenvalue weighted by atomic mass is 19.1. The third-order valence-corrected chi connectivity index (χ3v) is 4.63. The van der Waals surface area contributed by atoms with Crippen LogP contribution in [0.2, 0.25) is 0 Å². The van der Waals surface area contributed by atoms with Gasteiger partial charge in [-0.15, -0.1) is 0 Å². The van der Waals surface area contributed by atoms with E-state index in [1.54, 1.807) is 30.5 Å². The van der Waals surface area contributed by atoms with Gasteiger partial charge in [0, 0.05) is 37.4 Å². The van der Waals surface area contributed by atoms with Gasteiger partial charge in [-0.1, -0.05) is 0 Å². The maximum Gasteiger partial charge on any atom is 0.209 e. The number of hydrogen-bond donors (Lipinski definition) is 1. The van der Waals surface area contributed by atoms with Gasteiger partial charge in [0.05, 0.1) is 12.7 Å². The van der Waals surface area contributed by atoms with Crippen LogP contribution in [0.5, 0.6) is 5.75 Å². The molecule has 4 rings (SSSR count). The van der Waals surface area contributed by atoms with Gasteiger partial charge in [-0.2, -0.15) is 0 Å². The number of rotatable bonds is 4. The molecule has 1 fully saturated rings. The lowest BCUT2D eigenvalue weighted by atomic mass is 10.2. The first-order valence-corrected chi connectivity index (χ1v) is 8.64. The normalized spacial score (nSPS) is 15.3. The molecule has 5 nitrogen and oxygen atoms in total.